The number of carbonyl (C=O) groups excluding carboxylic acids is 2. The summed E-state index contributed by atoms with van der Waals surface area (Å²) >= 11 is 1.55. The molecule has 6 heteroatoms. The number of carbonyl (C=O) groups is 2. The molecule has 0 bridgehead atoms. The Hall–Kier alpha value is -1.40. The summed E-state index contributed by atoms with van der Waals surface area (Å²) in [5, 5.41) is 6.80. The summed E-state index contributed by atoms with van der Waals surface area (Å²) in [6, 6.07) is 1.88. The van der Waals surface area contributed by atoms with Gasteiger partial charge in [-0.3, -0.25) is 14.5 Å². The molecule has 1 fully saturated rings. The first-order valence-electron chi connectivity index (χ1n) is 8.01. The van der Waals surface area contributed by atoms with Gasteiger partial charge in [0.2, 0.25) is 5.91 Å². The van der Waals surface area contributed by atoms with Gasteiger partial charge in [0.25, 0.3) is 5.91 Å². The molecule has 0 radical (unpaired) electrons. The molecule has 1 aliphatic heterocycles. The molecule has 5 nitrogen and oxygen atoms in total. The Kier molecular flexibility index (Phi) is 6.86. The minimum atomic E-state index is 0.133. The summed E-state index contributed by atoms with van der Waals surface area (Å²) in [5.74, 6) is 0.280. The van der Waals surface area contributed by atoms with Gasteiger partial charge >= 0.3 is 0 Å². The van der Waals surface area contributed by atoms with Gasteiger partial charge in [0.05, 0.1) is 5.56 Å². The van der Waals surface area contributed by atoms with E-state index in [1.807, 2.05) is 21.7 Å². The highest BCUT2D eigenvalue weighted by atomic mass is 32.1. The molecule has 1 aliphatic rings. The van der Waals surface area contributed by atoms with Gasteiger partial charge in [-0.15, -0.1) is 0 Å². The second-order valence-corrected chi connectivity index (χ2v) is 6.38. The van der Waals surface area contributed by atoms with Crippen LogP contribution in [0.3, 0.4) is 0 Å². The molecule has 22 heavy (non-hydrogen) atoms. The number of piperazine rings is 1. The van der Waals surface area contributed by atoms with Crippen LogP contribution in [0.4, 0.5) is 0 Å². The number of thiophene rings is 1. The third-order valence-corrected chi connectivity index (χ3v) is 4.62. The summed E-state index contributed by atoms with van der Waals surface area (Å²) < 4.78 is 0. The topological polar surface area (TPSA) is 52.7 Å². The third kappa shape index (κ3) is 5.10. The fraction of sp³-hybridized carbons (Fsp3) is 0.625. The molecule has 0 atom stereocenters. The molecule has 1 N–H and O–H groups in total. The lowest BCUT2D eigenvalue weighted by Gasteiger charge is -2.34. The predicted molar refractivity (Wildman–Crippen MR) is 89.2 cm³/mol. The van der Waals surface area contributed by atoms with Gasteiger partial charge < -0.3 is 10.2 Å². The molecule has 2 amide bonds. The Morgan fingerprint density at radius 1 is 1.27 bits per heavy atom. The van der Waals surface area contributed by atoms with Crippen LogP contribution in [0.2, 0.25) is 0 Å². The lowest BCUT2D eigenvalue weighted by atomic mass is 10.2. The first-order valence-corrected chi connectivity index (χ1v) is 8.95. The van der Waals surface area contributed by atoms with Crippen molar-refractivity contribution in [2.24, 2.45) is 0 Å². The normalized spacial score (nSPS) is 15.8. The summed E-state index contributed by atoms with van der Waals surface area (Å²) in [5.41, 5.74) is 0.793. The van der Waals surface area contributed by atoms with Gasteiger partial charge in [0.1, 0.15) is 0 Å². The molecule has 0 spiro atoms. The third-order valence-electron chi connectivity index (χ3n) is 3.94. The van der Waals surface area contributed by atoms with Crippen LogP contribution >= 0.6 is 11.3 Å². The van der Waals surface area contributed by atoms with Gasteiger partial charge in [-0.2, -0.15) is 11.3 Å². The molecule has 2 heterocycles. The van der Waals surface area contributed by atoms with Crippen molar-refractivity contribution in [3.63, 3.8) is 0 Å². The second-order valence-electron chi connectivity index (χ2n) is 5.60. The van der Waals surface area contributed by atoms with Gasteiger partial charge in [-0.05, 0) is 17.9 Å². The number of hydrogen-bond acceptors (Lipinski definition) is 4. The molecule has 0 saturated carbocycles. The van der Waals surface area contributed by atoms with Crippen molar-refractivity contribution in [1.82, 2.24) is 15.1 Å². The molecular formula is C16H25N3O2S. The number of unbranched alkanes of at least 4 members (excludes halogenated alkanes) is 1. The van der Waals surface area contributed by atoms with Crippen molar-refractivity contribution < 1.29 is 9.59 Å². The largest absolute Gasteiger partial charge is 0.355 e. The molecule has 1 saturated heterocycles. The van der Waals surface area contributed by atoms with E-state index in [1.165, 1.54) is 0 Å². The van der Waals surface area contributed by atoms with Crippen molar-refractivity contribution in [2.45, 2.75) is 26.2 Å². The Labute approximate surface area is 136 Å². The molecule has 1 aromatic rings. The van der Waals surface area contributed by atoms with Crippen LogP contribution in [0.15, 0.2) is 16.8 Å². The zero-order chi connectivity index (χ0) is 15.8. The van der Waals surface area contributed by atoms with E-state index in [1.54, 1.807) is 11.3 Å². The van der Waals surface area contributed by atoms with Crippen molar-refractivity contribution in [1.29, 1.82) is 0 Å². The molecule has 1 aromatic heterocycles. The number of rotatable bonds is 7. The molecule has 0 unspecified atom stereocenters. The summed E-state index contributed by atoms with van der Waals surface area (Å²) in [7, 11) is 0. The van der Waals surface area contributed by atoms with E-state index in [-0.39, 0.29) is 11.8 Å². The van der Waals surface area contributed by atoms with E-state index in [9.17, 15) is 9.59 Å². The quantitative estimate of drug-likeness (QED) is 0.833. The summed E-state index contributed by atoms with van der Waals surface area (Å²) in [6.07, 6.45) is 2.63. The van der Waals surface area contributed by atoms with Crippen LogP contribution in [0, 0.1) is 0 Å². The van der Waals surface area contributed by atoms with Gasteiger partial charge in [-0.1, -0.05) is 13.3 Å². The minimum absolute atomic E-state index is 0.133. The first-order chi connectivity index (χ1) is 10.7. The van der Waals surface area contributed by atoms with Gasteiger partial charge in [0.15, 0.2) is 0 Å². The van der Waals surface area contributed by atoms with Crippen molar-refractivity contribution in [2.75, 3.05) is 39.3 Å². The van der Waals surface area contributed by atoms with Gasteiger partial charge in [-0.25, -0.2) is 0 Å². The maximum Gasteiger partial charge on any atom is 0.254 e. The van der Waals surface area contributed by atoms with E-state index in [0.29, 0.717) is 13.0 Å². The van der Waals surface area contributed by atoms with Crippen LogP contribution in [-0.2, 0) is 4.79 Å². The van der Waals surface area contributed by atoms with E-state index in [4.69, 9.17) is 0 Å². The van der Waals surface area contributed by atoms with Crippen molar-refractivity contribution in [3.05, 3.63) is 22.4 Å². The molecule has 0 aliphatic carbocycles. The Morgan fingerprint density at radius 3 is 2.68 bits per heavy atom. The zero-order valence-electron chi connectivity index (χ0n) is 13.2. The predicted octanol–water partition coefficient (Wildman–Crippen LogP) is 1.81. The van der Waals surface area contributed by atoms with E-state index in [0.717, 1.165) is 51.1 Å². The Morgan fingerprint density at radius 2 is 2.05 bits per heavy atom. The van der Waals surface area contributed by atoms with Crippen molar-refractivity contribution >= 4 is 23.2 Å². The number of amides is 2. The molecule has 2 rings (SSSR count). The second kappa shape index (κ2) is 8.90. The Balaban J connectivity index is 1.63. The monoisotopic (exact) mass is 323 g/mol. The van der Waals surface area contributed by atoms with Crippen LogP contribution in [0.5, 0.6) is 0 Å². The van der Waals surface area contributed by atoms with Gasteiger partial charge in [0, 0.05) is 51.1 Å². The fourth-order valence-corrected chi connectivity index (χ4v) is 3.15. The SMILES string of the molecule is CCCCC(=O)NCCN1CCN(C(=O)c2ccsc2)CC1. The van der Waals surface area contributed by atoms with E-state index >= 15 is 0 Å². The van der Waals surface area contributed by atoms with E-state index < -0.39 is 0 Å². The average molecular weight is 323 g/mol. The summed E-state index contributed by atoms with van der Waals surface area (Å²) in [6.45, 7) is 6.92. The van der Waals surface area contributed by atoms with Crippen molar-refractivity contribution in [3.8, 4) is 0 Å². The average Bonchev–Trinajstić information content (AvgIpc) is 3.07. The number of nitrogens with zero attached hydrogens (tertiary/aromatic N) is 2. The maximum atomic E-state index is 12.2. The highest BCUT2D eigenvalue weighted by Crippen LogP contribution is 2.11. The van der Waals surface area contributed by atoms with Crippen LogP contribution in [0.25, 0.3) is 0 Å². The standard InChI is InChI=1S/C16H25N3O2S/c1-2-3-4-15(20)17-6-7-18-8-10-19(11-9-18)16(21)14-5-12-22-13-14/h5,12-13H,2-4,6-11H2,1H3,(H,17,20). The smallest absolute Gasteiger partial charge is 0.254 e. The lowest BCUT2D eigenvalue weighted by Crippen LogP contribution is -2.50. The molecule has 122 valence electrons. The van der Waals surface area contributed by atoms with Crippen LogP contribution in [-0.4, -0.2) is 60.9 Å². The zero-order valence-corrected chi connectivity index (χ0v) is 14.0. The highest BCUT2D eigenvalue weighted by Gasteiger charge is 2.21. The molecule has 0 aromatic carbocycles. The minimum Gasteiger partial charge on any atom is -0.355 e. The molecular weight excluding hydrogens is 298 g/mol. The lowest BCUT2D eigenvalue weighted by molar-refractivity contribution is -0.121. The maximum absolute atomic E-state index is 12.2. The number of nitrogens with one attached hydrogen (secondary N) is 1. The first kappa shape index (κ1) is 17.0. The van der Waals surface area contributed by atoms with Crippen LogP contribution < -0.4 is 5.32 Å². The van der Waals surface area contributed by atoms with Crippen LogP contribution in [0.1, 0.15) is 36.5 Å². The van der Waals surface area contributed by atoms with E-state index in [2.05, 4.69) is 17.1 Å². The summed E-state index contributed by atoms with van der Waals surface area (Å²) in [4.78, 5) is 28.0. The Bertz CT molecular complexity index is 468. The fourth-order valence-electron chi connectivity index (χ4n) is 2.52. The highest BCUT2D eigenvalue weighted by molar-refractivity contribution is 7.08. The number of hydrogen-bond donors (Lipinski definition) is 1.